The second kappa shape index (κ2) is 7.91. The second-order valence-corrected chi connectivity index (χ2v) is 9.07. The third-order valence-electron chi connectivity index (χ3n) is 5.44. The number of ether oxygens (including phenoxy) is 1. The van der Waals surface area contributed by atoms with Crippen molar-refractivity contribution >= 4 is 16.1 Å². The van der Waals surface area contributed by atoms with Crippen molar-refractivity contribution in [1.82, 2.24) is 19.8 Å². The third kappa shape index (κ3) is 3.65. The van der Waals surface area contributed by atoms with Gasteiger partial charge in [-0.1, -0.05) is 18.9 Å². The average Bonchev–Trinajstić information content (AvgIpc) is 3.32. The van der Waals surface area contributed by atoms with E-state index in [1.54, 1.807) is 12.1 Å². The van der Waals surface area contributed by atoms with Gasteiger partial charge in [-0.25, -0.2) is 13.2 Å². The van der Waals surface area contributed by atoms with Crippen LogP contribution in [-0.4, -0.2) is 48.2 Å². The molecule has 0 unspecified atom stereocenters. The van der Waals surface area contributed by atoms with Crippen LogP contribution in [0.1, 0.15) is 43.6 Å². The van der Waals surface area contributed by atoms with Gasteiger partial charge >= 0.3 is 12.5 Å². The van der Waals surface area contributed by atoms with E-state index in [9.17, 15) is 22.0 Å². The van der Waals surface area contributed by atoms with E-state index in [0.717, 1.165) is 12.8 Å². The number of nitrogens with one attached hydrogen (secondary N) is 1. The molecule has 2 aliphatic rings. The number of carbonyl (C=O) groups is 1. The Morgan fingerprint density at radius 1 is 1.30 bits per heavy atom. The van der Waals surface area contributed by atoms with Crippen LogP contribution in [0.25, 0.3) is 11.5 Å². The van der Waals surface area contributed by atoms with Crippen molar-refractivity contribution < 1.29 is 31.1 Å². The number of aromatic nitrogens is 2. The van der Waals surface area contributed by atoms with Crippen LogP contribution in [0.3, 0.4) is 0 Å². The van der Waals surface area contributed by atoms with E-state index in [4.69, 9.17) is 4.42 Å². The van der Waals surface area contributed by atoms with Crippen LogP contribution in [0.4, 0.5) is 13.6 Å². The fourth-order valence-electron chi connectivity index (χ4n) is 4.01. The Hall–Kier alpha value is -2.60. The van der Waals surface area contributed by atoms with E-state index < -0.39 is 34.5 Å². The first kappa shape index (κ1) is 20.7. The molecular formula is C18H20F2N4O5S. The summed E-state index contributed by atoms with van der Waals surface area (Å²) in [6.45, 7) is 0.161. The van der Waals surface area contributed by atoms with Gasteiger partial charge < -0.3 is 14.5 Å². The summed E-state index contributed by atoms with van der Waals surface area (Å²) in [5.41, 5.74) is 0.821. The summed E-state index contributed by atoms with van der Waals surface area (Å²) in [6, 6.07) is 3.76. The average molecular weight is 442 g/mol. The van der Waals surface area contributed by atoms with E-state index >= 15 is 0 Å². The quantitative estimate of drug-likeness (QED) is 0.774. The summed E-state index contributed by atoms with van der Waals surface area (Å²) in [4.78, 5) is 11.8. The van der Waals surface area contributed by atoms with Crippen LogP contribution in [-0.2, 0) is 21.3 Å². The predicted octanol–water partition coefficient (Wildman–Crippen LogP) is 2.85. The molecule has 2 heterocycles. The maximum absolute atomic E-state index is 13.3. The number of benzene rings is 1. The zero-order valence-corrected chi connectivity index (χ0v) is 16.9. The first-order valence-corrected chi connectivity index (χ1v) is 10.9. The van der Waals surface area contributed by atoms with Gasteiger partial charge in [0.15, 0.2) is 0 Å². The maximum Gasteiger partial charge on any atom is 0.407 e. The summed E-state index contributed by atoms with van der Waals surface area (Å²) in [6.07, 6.45) is -0.544. The molecule has 1 aliphatic carbocycles. The highest BCUT2D eigenvalue weighted by molar-refractivity contribution is 7.89. The minimum atomic E-state index is -3.86. The smallest absolute Gasteiger partial charge is 0.407 e. The Balaban J connectivity index is 1.64. The van der Waals surface area contributed by atoms with Crippen molar-refractivity contribution in [2.45, 2.75) is 55.6 Å². The Kier molecular flexibility index (Phi) is 5.45. The highest BCUT2D eigenvalue weighted by Gasteiger charge is 2.43. The number of alkyl carbamates (subject to hydrolysis) is 1. The molecule has 9 nitrogen and oxygen atoms in total. The lowest BCUT2D eigenvalue weighted by molar-refractivity contribution is 0.116. The molecule has 1 aliphatic heterocycles. The molecule has 1 saturated carbocycles. The third-order valence-corrected chi connectivity index (χ3v) is 7.40. The number of sulfonamides is 1. The van der Waals surface area contributed by atoms with Crippen molar-refractivity contribution in [2.24, 2.45) is 0 Å². The van der Waals surface area contributed by atoms with Crippen molar-refractivity contribution in [3.8, 4) is 11.5 Å². The van der Waals surface area contributed by atoms with E-state index in [1.165, 1.54) is 17.5 Å². The lowest BCUT2D eigenvalue weighted by atomic mass is 9.90. The molecule has 1 amide bonds. The Bertz CT molecular complexity index is 1060. The monoisotopic (exact) mass is 442 g/mol. The van der Waals surface area contributed by atoms with E-state index in [1.807, 2.05) is 0 Å². The van der Waals surface area contributed by atoms with Crippen LogP contribution in [0, 0.1) is 0 Å². The highest BCUT2D eigenvalue weighted by atomic mass is 32.2. The van der Waals surface area contributed by atoms with Gasteiger partial charge in [0.2, 0.25) is 15.9 Å². The lowest BCUT2D eigenvalue weighted by Gasteiger charge is -2.36. The van der Waals surface area contributed by atoms with Gasteiger partial charge in [-0.2, -0.15) is 13.1 Å². The zero-order valence-electron chi connectivity index (χ0n) is 16.0. The molecule has 1 aromatic heterocycles. The van der Waals surface area contributed by atoms with Gasteiger partial charge in [0.05, 0.1) is 12.0 Å². The molecule has 2 aromatic rings. The number of methoxy groups -OCH3 is 1. The molecule has 1 aromatic carbocycles. The molecule has 1 N–H and O–H groups in total. The molecule has 162 valence electrons. The fraction of sp³-hybridized carbons (Fsp3) is 0.500. The number of rotatable bonds is 4. The van der Waals surface area contributed by atoms with Crippen LogP contribution >= 0.6 is 0 Å². The summed E-state index contributed by atoms with van der Waals surface area (Å²) in [5.74, 6) is -1.00. The van der Waals surface area contributed by atoms with Crippen molar-refractivity contribution in [2.75, 3.05) is 7.11 Å². The summed E-state index contributed by atoms with van der Waals surface area (Å²) in [5, 5.41) is 9.59. The normalized spacial score (nSPS) is 23.3. The number of halogens is 2. The Morgan fingerprint density at radius 2 is 2.07 bits per heavy atom. The number of hydrogen-bond acceptors (Lipinski definition) is 7. The molecule has 30 heavy (non-hydrogen) atoms. The fourth-order valence-corrected chi connectivity index (χ4v) is 5.92. The Labute approximate surface area is 171 Å². The number of alkyl halides is 2. The van der Waals surface area contributed by atoms with Gasteiger partial charge in [0.1, 0.15) is 0 Å². The highest BCUT2D eigenvalue weighted by Crippen LogP contribution is 2.38. The van der Waals surface area contributed by atoms with Crippen LogP contribution in [0.15, 0.2) is 27.5 Å². The van der Waals surface area contributed by atoms with Gasteiger partial charge in [-0.05, 0) is 30.5 Å². The summed E-state index contributed by atoms with van der Waals surface area (Å²) in [7, 11) is -2.60. The SMILES string of the molecule is COC(=O)N[C@@H]1CCCC[C@H]1N1Cc2ccc(-c3nnc(C(F)F)o3)cc2S1(=O)=O. The molecule has 0 saturated heterocycles. The van der Waals surface area contributed by atoms with E-state index in [0.29, 0.717) is 18.4 Å². The molecule has 0 bridgehead atoms. The van der Waals surface area contributed by atoms with Crippen LogP contribution in [0.5, 0.6) is 0 Å². The number of carbonyl (C=O) groups excluding carboxylic acids is 1. The van der Waals surface area contributed by atoms with Gasteiger partial charge in [0, 0.05) is 24.2 Å². The molecule has 2 atom stereocenters. The molecule has 12 heteroatoms. The van der Waals surface area contributed by atoms with Crippen molar-refractivity contribution in [3.63, 3.8) is 0 Å². The van der Waals surface area contributed by atoms with Crippen molar-refractivity contribution in [1.29, 1.82) is 0 Å². The van der Waals surface area contributed by atoms with E-state index in [2.05, 4.69) is 20.3 Å². The van der Waals surface area contributed by atoms with Crippen LogP contribution < -0.4 is 5.32 Å². The van der Waals surface area contributed by atoms with Gasteiger partial charge in [0.25, 0.3) is 5.89 Å². The molecule has 1 fully saturated rings. The maximum atomic E-state index is 13.3. The van der Waals surface area contributed by atoms with Gasteiger partial charge in [-0.3, -0.25) is 0 Å². The van der Waals surface area contributed by atoms with Crippen LogP contribution in [0.2, 0.25) is 0 Å². The second-order valence-electron chi connectivity index (χ2n) is 7.21. The Morgan fingerprint density at radius 3 is 2.77 bits per heavy atom. The lowest BCUT2D eigenvalue weighted by Crippen LogP contribution is -2.53. The van der Waals surface area contributed by atoms with Crippen molar-refractivity contribution in [3.05, 3.63) is 29.7 Å². The minimum Gasteiger partial charge on any atom is -0.453 e. The molecular weight excluding hydrogens is 422 g/mol. The molecule has 4 rings (SSSR count). The van der Waals surface area contributed by atoms with E-state index in [-0.39, 0.29) is 28.9 Å². The number of fused-ring (bicyclic) bond motifs is 1. The summed E-state index contributed by atoms with van der Waals surface area (Å²) >= 11 is 0. The number of nitrogens with zero attached hydrogens (tertiary/aromatic N) is 3. The summed E-state index contributed by atoms with van der Waals surface area (Å²) < 4.78 is 63.0. The largest absolute Gasteiger partial charge is 0.453 e. The first-order chi connectivity index (χ1) is 14.3. The molecule has 0 radical (unpaired) electrons. The minimum absolute atomic E-state index is 0.0687. The predicted molar refractivity (Wildman–Crippen MR) is 99.0 cm³/mol. The topological polar surface area (TPSA) is 115 Å². The van der Waals surface area contributed by atoms with Gasteiger partial charge in [-0.15, -0.1) is 10.2 Å². The number of amides is 1. The first-order valence-electron chi connectivity index (χ1n) is 9.42. The zero-order chi connectivity index (χ0) is 21.5. The number of hydrogen-bond donors (Lipinski definition) is 1. The molecule has 0 spiro atoms. The standard InChI is InChI=1S/C18H20F2N4O5S/c1-28-18(25)21-12-4-2-3-5-13(12)24-9-11-7-6-10(8-14(11)30(24,26)27)16-22-23-17(29-16)15(19)20/h6-8,12-13,15H,2-5,9H2,1H3,(H,21,25)/t12-,13-/m1/s1.